The first-order valence-electron chi connectivity index (χ1n) is 7.92. The van der Waals surface area contributed by atoms with Gasteiger partial charge in [-0.2, -0.15) is 0 Å². The molecule has 134 valence electrons. The van der Waals surface area contributed by atoms with E-state index in [0.717, 1.165) is 12.7 Å². The van der Waals surface area contributed by atoms with Crippen LogP contribution in [0.15, 0.2) is 65.1 Å². The van der Waals surface area contributed by atoms with Crippen LogP contribution in [0.4, 0.5) is 5.69 Å². The molecule has 4 aromatic rings. The number of hydrogen-bond acceptors (Lipinski definition) is 3. The van der Waals surface area contributed by atoms with E-state index < -0.39 is 0 Å². The van der Waals surface area contributed by atoms with Gasteiger partial charge in [-0.15, -0.1) is 0 Å². The van der Waals surface area contributed by atoms with Crippen LogP contribution >= 0.6 is 56.8 Å². The van der Waals surface area contributed by atoms with Gasteiger partial charge in [0.1, 0.15) is 5.52 Å². The van der Waals surface area contributed by atoms with Gasteiger partial charge in [0.05, 0.1) is 5.56 Å². The SMILES string of the molecule is O=C(Nc1ccc(-c2nc3cc(Cl)ccc3o2)cc1)c1cc(I)ccc1I. The number of anilines is 1. The molecule has 0 radical (unpaired) electrons. The van der Waals surface area contributed by atoms with Crippen LogP contribution in [0.25, 0.3) is 22.6 Å². The number of amides is 1. The first-order chi connectivity index (χ1) is 13.0. The molecule has 0 fully saturated rings. The first-order valence-corrected chi connectivity index (χ1v) is 10.5. The lowest BCUT2D eigenvalue weighted by Crippen LogP contribution is -2.13. The third-order valence-corrected chi connectivity index (χ3v) is 5.76. The highest BCUT2D eigenvalue weighted by Gasteiger charge is 2.12. The molecule has 0 saturated carbocycles. The zero-order valence-corrected chi connectivity index (χ0v) is 18.7. The van der Waals surface area contributed by atoms with Gasteiger partial charge in [0.15, 0.2) is 5.58 Å². The average Bonchev–Trinajstić information content (AvgIpc) is 3.07. The second kappa shape index (κ2) is 7.76. The van der Waals surface area contributed by atoms with Crippen molar-refractivity contribution in [2.24, 2.45) is 0 Å². The highest BCUT2D eigenvalue weighted by molar-refractivity contribution is 14.1. The Kier molecular flexibility index (Phi) is 5.38. The number of hydrogen-bond donors (Lipinski definition) is 1. The Morgan fingerprint density at radius 3 is 2.56 bits per heavy atom. The first kappa shape index (κ1) is 18.7. The summed E-state index contributed by atoms with van der Waals surface area (Å²) in [5.74, 6) is 0.375. The normalized spacial score (nSPS) is 10.9. The molecule has 1 heterocycles. The summed E-state index contributed by atoms with van der Waals surface area (Å²) in [7, 11) is 0. The molecule has 27 heavy (non-hydrogen) atoms. The zero-order valence-electron chi connectivity index (χ0n) is 13.7. The van der Waals surface area contributed by atoms with Crippen LogP contribution in [0, 0.1) is 7.14 Å². The number of nitrogens with one attached hydrogen (secondary N) is 1. The molecule has 1 aromatic heterocycles. The van der Waals surface area contributed by atoms with Crippen LogP contribution in [-0.2, 0) is 0 Å². The van der Waals surface area contributed by atoms with Crippen molar-refractivity contribution in [3.63, 3.8) is 0 Å². The maximum absolute atomic E-state index is 12.5. The molecule has 3 aromatic carbocycles. The zero-order chi connectivity index (χ0) is 19.0. The monoisotopic (exact) mass is 600 g/mol. The Morgan fingerprint density at radius 1 is 1.00 bits per heavy atom. The summed E-state index contributed by atoms with van der Waals surface area (Å²) in [6.07, 6.45) is 0. The minimum atomic E-state index is -0.137. The summed E-state index contributed by atoms with van der Waals surface area (Å²) in [5, 5.41) is 3.54. The van der Waals surface area contributed by atoms with E-state index >= 15 is 0 Å². The fourth-order valence-corrected chi connectivity index (χ4v) is 3.83. The summed E-state index contributed by atoms with van der Waals surface area (Å²) >= 11 is 10.4. The van der Waals surface area contributed by atoms with Crippen molar-refractivity contribution in [2.75, 3.05) is 5.32 Å². The number of oxazole rings is 1. The molecule has 4 nitrogen and oxygen atoms in total. The number of nitrogens with zero attached hydrogens (tertiary/aromatic N) is 1. The highest BCUT2D eigenvalue weighted by Crippen LogP contribution is 2.27. The van der Waals surface area contributed by atoms with Crippen molar-refractivity contribution in [3.05, 3.63) is 78.4 Å². The fourth-order valence-electron chi connectivity index (χ4n) is 2.59. The average molecular weight is 601 g/mol. The number of rotatable bonds is 3. The Bertz CT molecular complexity index is 1160. The van der Waals surface area contributed by atoms with Crippen molar-refractivity contribution >= 4 is 79.5 Å². The molecule has 0 unspecified atom stereocenters. The Labute approximate surface area is 187 Å². The van der Waals surface area contributed by atoms with Crippen LogP contribution in [0.2, 0.25) is 5.02 Å². The van der Waals surface area contributed by atoms with Gasteiger partial charge in [-0.25, -0.2) is 4.98 Å². The molecular weight excluding hydrogens is 589 g/mol. The molecule has 0 atom stereocenters. The lowest BCUT2D eigenvalue weighted by Gasteiger charge is -2.08. The minimum Gasteiger partial charge on any atom is -0.436 e. The number of halogens is 3. The Hall–Kier alpha value is -1.65. The summed E-state index contributed by atoms with van der Waals surface area (Å²) in [6.45, 7) is 0. The highest BCUT2D eigenvalue weighted by atomic mass is 127. The predicted molar refractivity (Wildman–Crippen MR) is 124 cm³/mol. The summed E-state index contributed by atoms with van der Waals surface area (Å²) in [5.41, 5.74) is 3.58. The van der Waals surface area contributed by atoms with E-state index in [-0.39, 0.29) is 5.91 Å². The van der Waals surface area contributed by atoms with Gasteiger partial charge in [0, 0.05) is 23.4 Å². The van der Waals surface area contributed by atoms with Crippen LogP contribution in [0.5, 0.6) is 0 Å². The van der Waals surface area contributed by atoms with Gasteiger partial charge < -0.3 is 9.73 Å². The number of aromatic nitrogens is 1. The van der Waals surface area contributed by atoms with Gasteiger partial charge in [-0.05, 0) is 106 Å². The van der Waals surface area contributed by atoms with Crippen molar-refractivity contribution in [2.45, 2.75) is 0 Å². The van der Waals surface area contributed by atoms with E-state index in [0.29, 0.717) is 33.3 Å². The van der Waals surface area contributed by atoms with E-state index in [1.54, 1.807) is 18.2 Å². The van der Waals surface area contributed by atoms with Crippen molar-refractivity contribution in [1.82, 2.24) is 4.98 Å². The maximum Gasteiger partial charge on any atom is 0.256 e. The molecule has 0 aliphatic rings. The standard InChI is InChI=1S/C20H11ClI2N2O2/c21-12-3-8-18-17(9-12)25-20(27-18)11-1-5-14(6-2-11)24-19(26)15-10-13(22)4-7-16(15)23/h1-10H,(H,24,26). The van der Waals surface area contributed by atoms with Crippen LogP contribution < -0.4 is 5.32 Å². The summed E-state index contributed by atoms with van der Waals surface area (Å²) in [4.78, 5) is 17.0. The molecular formula is C20H11ClI2N2O2. The second-order valence-corrected chi connectivity index (χ2v) is 8.63. The quantitative estimate of drug-likeness (QED) is 0.270. The van der Waals surface area contributed by atoms with Crippen molar-refractivity contribution < 1.29 is 9.21 Å². The third kappa shape index (κ3) is 4.12. The Balaban J connectivity index is 1.56. The van der Waals surface area contributed by atoms with Gasteiger partial charge in [0.25, 0.3) is 5.91 Å². The molecule has 1 amide bonds. The molecule has 4 rings (SSSR count). The number of benzene rings is 3. The fraction of sp³-hybridized carbons (Fsp3) is 0. The maximum atomic E-state index is 12.5. The van der Waals surface area contributed by atoms with E-state index in [1.165, 1.54) is 0 Å². The van der Waals surface area contributed by atoms with E-state index in [1.807, 2.05) is 42.5 Å². The largest absolute Gasteiger partial charge is 0.436 e. The number of carbonyl (C=O) groups is 1. The van der Waals surface area contributed by atoms with E-state index in [9.17, 15) is 4.79 Å². The minimum absolute atomic E-state index is 0.137. The van der Waals surface area contributed by atoms with Gasteiger partial charge >= 0.3 is 0 Å². The molecule has 0 aliphatic heterocycles. The molecule has 1 N–H and O–H groups in total. The lowest BCUT2D eigenvalue weighted by atomic mass is 10.2. The third-order valence-electron chi connectivity index (χ3n) is 3.91. The number of fused-ring (bicyclic) bond motifs is 1. The van der Waals surface area contributed by atoms with Crippen molar-refractivity contribution in [1.29, 1.82) is 0 Å². The van der Waals surface area contributed by atoms with E-state index in [2.05, 4.69) is 55.5 Å². The summed E-state index contributed by atoms with van der Waals surface area (Å²) < 4.78 is 7.70. The van der Waals surface area contributed by atoms with Crippen LogP contribution in [0.1, 0.15) is 10.4 Å². The molecule has 0 bridgehead atoms. The van der Waals surface area contributed by atoms with Crippen LogP contribution in [0.3, 0.4) is 0 Å². The number of carbonyl (C=O) groups excluding carboxylic acids is 1. The molecule has 0 aliphatic carbocycles. The lowest BCUT2D eigenvalue weighted by molar-refractivity contribution is 0.102. The predicted octanol–water partition coefficient (Wildman–Crippen LogP) is 6.61. The summed E-state index contributed by atoms with van der Waals surface area (Å²) in [6, 6.07) is 18.5. The smallest absolute Gasteiger partial charge is 0.256 e. The molecule has 7 heteroatoms. The second-order valence-electron chi connectivity index (χ2n) is 5.79. The van der Waals surface area contributed by atoms with Gasteiger partial charge in [-0.1, -0.05) is 11.6 Å². The Morgan fingerprint density at radius 2 is 1.78 bits per heavy atom. The van der Waals surface area contributed by atoms with Gasteiger partial charge in [0.2, 0.25) is 5.89 Å². The van der Waals surface area contributed by atoms with Crippen molar-refractivity contribution in [3.8, 4) is 11.5 Å². The molecule has 0 spiro atoms. The topological polar surface area (TPSA) is 55.1 Å². The van der Waals surface area contributed by atoms with E-state index in [4.69, 9.17) is 16.0 Å². The molecule has 0 saturated heterocycles. The van der Waals surface area contributed by atoms with Crippen LogP contribution in [-0.4, -0.2) is 10.9 Å². The van der Waals surface area contributed by atoms with Gasteiger partial charge in [-0.3, -0.25) is 4.79 Å².